The number of carbonyl (C=O) groups is 1. The number of fused-ring (bicyclic) bond motifs is 3. The van der Waals surface area contributed by atoms with Crippen LogP contribution in [0, 0.1) is 0 Å². The summed E-state index contributed by atoms with van der Waals surface area (Å²) in [4.78, 5) is 24.3. The second-order valence-corrected chi connectivity index (χ2v) is 7.36. The minimum Gasteiger partial charge on any atom is -0.484 e. The summed E-state index contributed by atoms with van der Waals surface area (Å²) in [7, 11) is 0. The van der Waals surface area contributed by atoms with Crippen LogP contribution in [-0.4, -0.2) is 12.5 Å². The molecule has 6 heteroatoms. The monoisotopic (exact) mass is 397 g/mol. The van der Waals surface area contributed by atoms with Crippen molar-refractivity contribution in [2.45, 2.75) is 32.2 Å². The van der Waals surface area contributed by atoms with Gasteiger partial charge in [0.1, 0.15) is 11.3 Å². The molecule has 1 atom stereocenters. The van der Waals surface area contributed by atoms with E-state index in [1.54, 1.807) is 18.2 Å². The first kappa shape index (κ1) is 18.6. The standard InChI is InChI=1S/C22H20ClNO4/c1-13(15-5-2-3-8-19(15)23)24-21(25)12-27-14-9-10-17-16-6-4-7-18(16)22(26)28-20(17)11-14/h2-3,5,8-11,13H,4,6-7,12H2,1H3,(H,24,25)/t13-/m0/s1. The Morgan fingerprint density at radius 3 is 2.82 bits per heavy atom. The van der Waals surface area contributed by atoms with E-state index in [0.717, 1.165) is 41.3 Å². The molecule has 1 amide bonds. The fourth-order valence-electron chi connectivity index (χ4n) is 3.69. The van der Waals surface area contributed by atoms with Gasteiger partial charge in [-0.2, -0.15) is 0 Å². The van der Waals surface area contributed by atoms with Gasteiger partial charge in [0.05, 0.1) is 6.04 Å². The minimum absolute atomic E-state index is 0.143. The highest BCUT2D eigenvalue weighted by Gasteiger charge is 2.20. The molecule has 1 aliphatic rings. The maximum absolute atomic E-state index is 12.2. The summed E-state index contributed by atoms with van der Waals surface area (Å²) in [6.07, 6.45) is 2.64. The van der Waals surface area contributed by atoms with Crippen LogP contribution in [0.3, 0.4) is 0 Å². The second kappa shape index (κ2) is 7.68. The Hall–Kier alpha value is -2.79. The number of nitrogens with one attached hydrogen (secondary N) is 1. The quantitative estimate of drug-likeness (QED) is 0.655. The third kappa shape index (κ3) is 3.62. The fraction of sp³-hybridized carbons (Fsp3) is 0.273. The van der Waals surface area contributed by atoms with E-state index in [9.17, 15) is 9.59 Å². The first-order valence-electron chi connectivity index (χ1n) is 9.28. The molecule has 0 unspecified atom stereocenters. The third-order valence-corrected chi connectivity index (χ3v) is 5.41. The van der Waals surface area contributed by atoms with Crippen LogP contribution in [0.1, 0.15) is 36.1 Å². The Balaban J connectivity index is 1.44. The topological polar surface area (TPSA) is 68.5 Å². The molecular formula is C22H20ClNO4. The molecule has 1 aromatic heterocycles. The maximum atomic E-state index is 12.2. The van der Waals surface area contributed by atoms with Gasteiger partial charge in [0.2, 0.25) is 0 Å². The van der Waals surface area contributed by atoms with Crippen molar-refractivity contribution in [3.63, 3.8) is 0 Å². The van der Waals surface area contributed by atoms with E-state index in [4.69, 9.17) is 20.8 Å². The van der Waals surface area contributed by atoms with E-state index >= 15 is 0 Å². The minimum atomic E-state index is -0.275. The van der Waals surface area contributed by atoms with Crippen molar-refractivity contribution in [3.8, 4) is 5.75 Å². The van der Waals surface area contributed by atoms with Gasteiger partial charge in [-0.3, -0.25) is 4.79 Å². The van der Waals surface area contributed by atoms with Gasteiger partial charge >= 0.3 is 5.63 Å². The Morgan fingerprint density at radius 2 is 2.00 bits per heavy atom. The van der Waals surface area contributed by atoms with Gasteiger partial charge in [-0.15, -0.1) is 0 Å². The first-order chi connectivity index (χ1) is 13.5. The number of carbonyl (C=O) groups excluding carboxylic acids is 1. The van der Waals surface area contributed by atoms with Gasteiger partial charge < -0.3 is 14.5 Å². The van der Waals surface area contributed by atoms with Crippen LogP contribution < -0.4 is 15.7 Å². The number of hydrogen-bond donors (Lipinski definition) is 1. The number of rotatable bonds is 5. The van der Waals surface area contributed by atoms with E-state index in [2.05, 4.69) is 5.32 Å². The van der Waals surface area contributed by atoms with Crippen molar-refractivity contribution in [1.82, 2.24) is 5.32 Å². The van der Waals surface area contributed by atoms with Crippen LogP contribution in [0.4, 0.5) is 0 Å². The summed E-state index contributed by atoms with van der Waals surface area (Å²) in [6.45, 7) is 1.72. The van der Waals surface area contributed by atoms with Crippen molar-refractivity contribution in [3.05, 3.63) is 74.6 Å². The molecule has 0 spiro atoms. The number of aryl methyl sites for hydroxylation is 1. The van der Waals surface area contributed by atoms with E-state index in [1.165, 1.54) is 0 Å². The molecule has 1 heterocycles. The molecule has 0 saturated heterocycles. The molecule has 1 aliphatic carbocycles. The number of amides is 1. The smallest absolute Gasteiger partial charge is 0.339 e. The largest absolute Gasteiger partial charge is 0.484 e. The summed E-state index contributed by atoms with van der Waals surface area (Å²) in [6, 6.07) is 12.5. The van der Waals surface area contributed by atoms with Crippen LogP contribution >= 0.6 is 11.6 Å². The highest BCUT2D eigenvalue weighted by atomic mass is 35.5. The second-order valence-electron chi connectivity index (χ2n) is 6.96. The lowest BCUT2D eigenvalue weighted by atomic mass is 10.1. The van der Waals surface area contributed by atoms with Crippen LogP contribution in [0.5, 0.6) is 5.75 Å². The molecule has 5 nitrogen and oxygen atoms in total. The Morgan fingerprint density at radius 1 is 1.21 bits per heavy atom. The van der Waals surface area contributed by atoms with Crippen LogP contribution in [0.25, 0.3) is 11.0 Å². The van der Waals surface area contributed by atoms with Crippen molar-refractivity contribution in [2.75, 3.05) is 6.61 Å². The summed E-state index contributed by atoms with van der Waals surface area (Å²) >= 11 is 6.17. The Kier molecular flexibility index (Phi) is 5.09. The summed E-state index contributed by atoms with van der Waals surface area (Å²) in [5.41, 5.74) is 2.92. The zero-order valence-electron chi connectivity index (χ0n) is 15.5. The van der Waals surface area contributed by atoms with Crippen LogP contribution in [-0.2, 0) is 17.6 Å². The molecule has 0 fully saturated rings. The van der Waals surface area contributed by atoms with E-state index in [-0.39, 0.29) is 24.2 Å². The fourth-order valence-corrected chi connectivity index (χ4v) is 3.99. The Labute approximate surface area is 167 Å². The maximum Gasteiger partial charge on any atom is 0.339 e. The summed E-state index contributed by atoms with van der Waals surface area (Å²) < 4.78 is 11.0. The van der Waals surface area contributed by atoms with E-state index < -0.39 is 0 Å². The SMILES string of the molecule is C[C@H](NC(=O)COc1ccc2c3c(c(=O)oc2c1)CCC3)c1ccccc1Cl. The number of ether oxygens (including phenoxy) is 1. The zero-order chi connectivity index (χ0) is 19.7. The van der Waals surface area contributed by atoms with Gasteiger partial charge in [0.25, 0.3) is 5.91 Å². The van der Waals surface area contributed by atoms with Gasteiger partial charge in [-0.05, 0) is 55.5 Å². The Bertz CT molecular complexity index is 1110. The van der Waals surface area contributed by atoms with Crippen LogP contribution in [0.15, 0.2) is 51.7 Å². The molecular weight excluding hydrogens is 378 g/mol. The van der Waals surface area contributed by atoms with Crippen molar-refractivity contribution < 1.29 is 13.9 Å². The molecule has 2 aromatic carbocycles. The molecule has 0 radical (unpaired) electrons. The average molecular weight is 398 g/mol. The normalized spacial score (nSPS) is 13.9. The summed E-state index contributed by atoms with van der Waals surface area (Å²) in [5.74, 6) is 0.220. The molecule has 28 heavy (non-hydrogen) atoms. The molecule has 0 aliphatic heterocycles. The number of hydrogen-bond acceptors (Lipinski definition) is 4. The zero-order valence-corrected chi connectivity index (χ0v) is 16.2. The highest BCUT2D eigenvalue weighted by molar-refractivity contribution is 6.31. The third-order valence-electron chi connectivity index (χ3n) is 5.06. The lowest BCUT2D eigenvalue weighted by Crippen LogP contribution is -2.31. The van der Waals surface area contributed by atoms with Crippen molar-refractivity contribution in [2.24, 2.45) is 0 Å². The molecule has 144 valence electrons. The van der Waals surface area contributed by atoms with Gasteiger partial charge in [0.15, 0.2) is 6.61 Å². The van der Waals surface area contributed by atoms with Crippen molar-refractivity contribution in [1.29, 1.82) is 0 Å². The summed E-state index contributed by atoms with van der Waals surface area (Å²) in [5, 5.41) is 4.41. The number of halogens is 1. The lowest BCUT2D eigenvalue weighted by molar-refractivity contribution is -0.123. The molecule has 3 aromatic rings. The predicted molar refractivity (Wildman–Crippen MR) is 108 cm³/mol. The molecule has 1 N–H and O–H groups in total. The highest BCUT2D eigenvalue weighted by Crippen LogP contribution is 2.29. The van der Waals surface area contributed by atoms with E-state index in [1.807, 2.05) is 31.2 Å². The predicted octanol–water partition coefficient (Wildman–Crippen LogP) is 4.19. The van der Waals surface area contributed by atoms with Gasteiger partial charge in [-0.1, -0.05) is 29.8 Å². The van der Waals surface area contributed by atoms with Gasteiger partial charge in [-0.25, -0.2) is 4.79 Å². The van der Waals surface area contributed by atoms with Crippen molar-refractivity contribution >= 4 is 28.5 Å². The first-order valence-corrected chi connectivity index (χ1v) is 9.66. The van der Waals surface area contributed by atoms with Crippen LogP contribution in [0.2, 0.25) is 5.02 Å². The molecule has 0 saturated carbocycles. The number of benzene rings is 2. The van der Waals surface area contributed by atoms with E-state index in [0.29, 0.717) is 16.4 Å². The molecule has 4 rings (SSSR count). The van der Waals surface area contributed by atoms with Gasteiger partial charge in [0, 0.05) is 22.0 Å². The lowest BCUT2D eigenvalue weighted by Gasteiger charge is -2.16. The molecule has 0 bridgehead atoms. The average Bonchev–Trinajstić information content (AvgIpc) is 3.17.